The lowest BCUT2D eigenvalue weighted by Gasteiger charge is -2.34. The van der Waals surface area contributed by atoms with E-state index in [1.54, 1.807) is 30.0 Å². The van der Waals surface area contributed by atoms with Crippen LogP contribution in [-0.2, 0) is 6.54 Å². The predicted molar refractivity (Wildman–Crippen MR) is 146 cm³/mol. The summed E-state index contributed by atoms with van der Waals surface area (Å²) in [6, 6.07) is 21.2. The van der Waals surface area contributed by atoms with E-state index in [4.69, 9.17) is 19.3 Å². The molecule has 1 saturated heterocycles. The molecule has 6 rings (SSSR count). The third-order valence-electron chi connectivity index (χ3n) is 7.10. The first-order valence-electron chi connectivity index (χ1n) is 12.9. The number of hydrogen-bond donors (Lipinski definition) is 0. The highest BCUT2D eigenvalue weighted by Crippen LogP contribution is 2.33. The van der Waals surface area contributed by atoms with E-state index in [-0.39, 0.29) is 18.4 Å². The Labute approximate surface area is 230 Å². The zero-order chi connectivity index (χ0) is 27.6. The van der Waals surface area contributed by atoms with Crippen molar-refractivity contribution in [2.45, 2.75) is 6.54 Å². The van der Waals surface area contributed by atoms with Gasteiger partial charge in [-0.15, -0.1) is 0 Å². The van der Waals surface area contributed by atoms with E-state index in [9.17, 15) is 14.9 Å². The molecule has 0 aliphatic carbocycles. The number of carbonyl (C=O) groups excluding carboxylic acids is 1. The van der Waals surface area contributed by atoms with E-state index in [1.807, 2.05) is 47.4 Å². The van der Waals surface area contributed by atoms with Crippen LogP contribution >= 0.6 is 0 Å². The maximum absolute atomic E-state index is 13.8. The average molecular weight is 542 g/mol. The molecule has 0 unspecified atom stereocenters. The lowest BCUT2D eigenvalue weighted by Crippen LogP contribution is -2.48. The molecule has 2 aliphatic rings. The number of benzene rings is 3. The summed E-state index contributed by atoms with van der Waals surface area (Å²) in [4.78, 5) is 28.7. The minimum atomic E-state index is -0.455. The molecule has 0 spiro atoms. The van der Waals surface area contributed by atoms with Crippen LogP contribution < -0.4 is 14.2 Å². The SMILES string of the molecule is COc1cccc(-c2cc(C(=O)N3CCN(Cc4ccc5c(c4)OCO5)CC3)n(-c3ccc([N+](=O)[O-])cc3)n2)c1. The monoisotopic (exact) mass is 541 g/mol. The number of nitro benzene ring substituents is 1. The fourth-order valence-corrected chi connectivity index (χ4v) is 4.94. The minimum Gasteiger partial charge on any atom is -0.497 e. The summed E-state index contributed by atoms with van der Waals surface area (Å²) in [7, 11) is 1.59. The molecule has 204 valence electrons. The third kappa shape index (κ3) is 5.06. The van der Waals surface area contributed by atoms with Crippen molar-refractivity contribution in [3.05, 3.63) is 94.2 Å². The summed E-state index contributed by atoms with van der Waals surface area (Å²) in [6.45, 7) is 3.55. The minimum absolute atomic E-state index is 0.0321. The summed E-state index contributed by atoms with van der Waals surface area (Å²) in [5, 5.41) is 15.9. The average Bonchev–Trinajstić information content (AvgIpc) is 3.65. The highest BCUT2D eigenvalue weighted by Gasteiger charge is 2.27. The number of aromatic nitrogens is 2. The van der Waals surface area contributed by atoms with Gasteiger partial charge in [0.15, 0.2) is 11.5 Å². The first kappa shape index (κ1) is 25.4. The smallest absolute Gasteiger partial charge is 0.272 e. The first-order chi connectivity index (χ1) is 19.5. The standard InChI is InChI=1S/C29H27N5O6/c1-38-24-4-2-3-21(16-24)25-17-26(33(30-25)22-6-8-23(9-7-22)34(36)37)29(35)32-13-11-31(12-14-32)18-20-5-10-27-28(15-20)40-19-39-27/h2-10,15-17H,11-14,18-19H2,1H3. The van der Waals surface area contributed by atoms with Gasteiger partial charge in [0.25, 0.3) is 11.6 Å². The number of hydrogen-bond acceptors (Lipinski definition) is 8. The van der Waals surface area contributed by atoms with Crippen molar-refractivity contribution in [1.29, 1.82) is 0 Å². The van der Waals surface area contributed by atoms with Crippen LogP contribution in [0.1, 0.15) is 16.1 Å². The van der Waals surface area contributed by atoms with Gasteiger partial charge in [-0.3, -0.25) is 19.8 Å². The number of nitro groups is 1. The molecule has 3 aromatic carbocycles. The molecule has 2 aliphatic heterocycles. The Hall–Kier alpha value is -4.90. The van der Waals surface area contributed by atoms with Crippen molar-refractivity contribution in [3.8, 4) is 34.2 Å². The zero-order valence-corrected chi connectivity index (χ0v) is 21.9. The lowest BCUT2D eigenvalue weighted by molar-refractivity contribution is -0.384. The number of methoxy groups -OCH3 is 1. The topological polar surface area (TPSA) is 112 Å². The molecule has 1 aromatic heterocycles. The van der Waals surface area contributed by atoms with Crippen LogP contribution in [0.15, 0.2) is 72.8 Å². The molecule has 40 heavy (non-hydrogen) atoms. The number of fused-ring (bicyclic) bond motifs is 1. The highest BCUT2D eigenvalue weighted by molar-refractivity contribution is 5.94. The van der Waals surface area contributed by atoms with Crippen LogP contribution in [0, 0.1) is 10.1 Å². The second-order valence-corrected chi connectivity index (χ2v) is 9.59. The number of ether oxygens (including phenoxy) is 3. The van der Waals surface area contributed by atoms with Crippen molar-refractivity contribution < 1.29 is 23.9 Å². The van der Waals surface area contributed by atoms with Crippen molar-refractivity contribution in [1.82, 2.24) is 19.6 Å². The Kier molecular flexibility index (Phi) is 6.79. The van der Waals surface area contributed by atoms with E-state index < -0.39 is 4.92 Å². The summed E-state index contributed by atoms with van der Waals surface area (Å²) < 4.78 is 17.8. The van der Waals surface area contributed by atoms with Crippen LogP contribution in [0.5, 0.6) is 17.2 Å². The summed E-state index contributed by atoms with van der Waals surface area (Å²) in [5.74, 6) is 2.05. The van der Waals surface area contributed by atoms with Gasteiger partial charge in [0, 0.05) is 50.4 Å². The van der Waals surface area contributed by atoms with Crippen LogP contribution in [-0.4, -0.2) is 70.5 Å². The largest absolute Gasteiger partial charge is 0.497 e. The normalized spacial score (nSPS) is 14.8. The lowest BCUT2D eigenvalue weighted by atomic mass is 10.1. The predicted octanol–water partition coefficient (Wildman–Crippen LogP) is 4.14. The molecule has 0 radical (unpaired) electrons. The van der Waals surface area contributed by atoms with E-state index in [0.717, 1.165) is 29.2 Å². The van der Waals surface area contributed by atoms with Gasteiger partial charge in [-0.25, -0.2) is 4.68 Å². The fourth-order valence-electron chi connectivity index (χ4n) is 4.94. The molecule has 0 bridgehead atoms. The van der Waals surface area contributed by atoms with Gasteiger partial charge in [-0.2, -0.15) is 5.10 Å². The Bertz CT molecular complexity index is 1560. The van der Waals surface area contributed by atoms with Crippen molar-refractivity contribution in [2.24, 2.45) is 0 Å². The van der Waals surface area contributed by atoms with Gasteiger partial charge in [0.1, 0.15) is 11.4 Å². The second kappa shape index (κ2) is 10.7. The molecule has 11 heteroatoms. The number of nitrogens with zero attached hydrogens (tertiary/aromatic N) is 5. The van der Waals surface area contributed by atoms with Gasteiger partial charge >= 0.3 is 0 Å². The highest BCUT2D eigenvalue weighted by atomic mass is 16.7. The Morgan fingerprint density at radius 1 is 0.975 bits per heavy atom. The van der Waals surface area contributed by atoms with E-state index in [2.05, 4.69) is 4.90 Å². The molecular formula is C29H27N5O6. The zero-order valence-electron chi connectivity index (χ0n) is 21.9. The molecule has 1 amide bonds. The van der Waals surface area contributed by atoms with Gasteiger partial charge in [0.05, 0.1) is 23.4 Å². The summed E-state index contributed by atoms with van der Waals surface area (Å²) in [6.07, 6.45) is 0. The number of non-ortho nitro benzene ring substituents is 1. The third-order valence-corrected chi connectivity index (χ3v) is 7.10. The Balaban J connectivity index is 1.23. The molecule has 1 fully saturated rings. The maximum Gasteiger partial charge on any atom is 0.272 e. The Morgan fingerprint density at radius 3 is 2.50 bits per heavy atom. The summed E-state index contributed by atoms with van der Waals surface area (Å²) >= 11 is 0. The number of piperazine rings is 1. The van der Waals surface area contributed by atoms with Gasteiger partial charge in [-0.1, -0.05) is 18.2 Å². The van der Waals surface area contributed by atoms with Crippen molar-refractivity contribution in [2.75, 3.05) is 40.1 Å². The molecule has 0 N–H and O–H groups in total. The van der Waals surface area contributed by atoms with Crippen LogP contribution in [0.4, 0.5) is 5.69 Å². The molecular weight excluding hydrogens is 514 g/mol. The maximum atomic E-state index is 13.8. The van der Waals surface area contributed by atoms with Gasteiger partial charge < -0.3 is 19.1 Å². The van der Waals surface area contributed by atoms with E-state index in [0.29, 0.717) is 49.0 Å². The van der Waals surface area contributed by atoms with Crippen LogP contribution in [0.25, 0.3) is 16.9 Å². The molecule has 3 heterocycles. The van der Waals surface area contributed by atoms with Gasteiger partial charge in [0.2, 0.25) is 6.79 Å². The number of amides is 1. The first-order valence-corrected chi connectivity index (χ1v) is 12.9. The molecule has 11 nitrogen and oxygen atoms in total. The van der Waals surface area contributed by atoms with E-state index in [1.165, 1.54) is 12.1 Å². The van der Waals surface area contributed by atoms with Crippen LogP contribution in [0.2, 0.25) is 0 Å². The Morgan fingerprint density at radius 2 is 1.75 bits per heavy atom. The molecule has 0 atom stereocenters. The fraction of sp³-hybridized carbons (Fsp3) is 0.241. The number of carbonyl (C=O) groups is 1. The van der Waals surface area contributed by atoms with Gasteiger partial charge in [-0.05, 0) is 48.0 Å². The van der Waals surface area contributed by atoms with Crippen molar-refractivity contribution >= 4 is 11.6 Å². The number of rotatable bonds is 7. The second-order valence-electron chi connectivity index (χ2n) is 9.59. The van der Waals surface area contributed by atoms with E-state index >= 15 is 0 Å². The van der Waals surface area contributed by atoms with Crippen molar-refractivity contribution in [3.63, 3.8) is 0 Å². The molecule has 4 aromatic rings. The quantitative estimate of drug-likeness (QED) is 0.254. The van der Waals surface area contributed by atoms with Crippen LogP contribution in [0.3, 0.4) is 0 Å². The molecule has 0 saturated carbocycles. The summed E-state index contributed by atoms with van der Waals surface area (Å²) in [5.41, 5.74) is 3.43.